The Labute approximate surface area is 90.0 Å². The lowest BCUT2D eigenvalue weighted by Gasteiger charge is -2.39. The second-order valence-corrected chi connectivity index (χ2v) is 4.77. The van der Waals surface area contributed by atoms with Crippen molar-refractivity contribution in [3.05, 3.63) is 0 Å². The van der Waals surface area contributed by atoms with Crippen LogP contribution in [-0.4, -0.2) is 35.4 Å². The highest BCUT2D eigenvalue weighted by Crippen LogP contribution is 2.32. The van der Waals surface area contributed by atoms with Gasteiger partial charge in [0.1, 0.15) is 5.54 Å². The minimum Gasteiger partial charge on any atom is -0.480 e. The summed E-state index contributed by atoms with van der Waals surface area (Å²) in [5.74, 6) is -0.709. The minimum absolute atomic E-state index is 0.205. The van der Waals surface area contributed by atoms with Crippen molar-refractivity contribution < 1.29 is 14.6 Å². The van der Waals surface area contributed by atoms with Crippen molar-refractivity contribution in [3.63, 3.8) is 0 Å². The van der Waals surface area contributed by atoms with Crippen LogP contribution >= 0.6 is 0 Å². The minimum atomic E-state index is -0.709. The van der Waals surface area contributed by atoms with Gasteiger partial charge in [-0.1, -0.05) is 0 Å². The fourth-order valence-electron chi connectivity index (χ4n) is 2.34. The summed E-state index contributed by atoms with van der Waals surface area (Å²) in [5, 5.41) is 12.3. The highest BCUT2D eigenvalue weighted by Gasteiger charge is 2.44. The van der Waals surface area contributed by atoms with Gasteiger partial charge in [-0.15, -0.1) is 0 Å². The molecule has 1 saturated carbocycles. The first kappa shape index (κ1) is 10.9. The Hall–Kier alpha value is -0.610. The average molecular weight is 213 g/mol. The zero-order valence-electron chi connectivity index (χ0n) is 9.16. The van der Waals surface area contributed by atoms with Gasteiger partial charge in [0.2, 0.25) is 0 Å². The third-order valence-corrected chi connectivity index (χ3v) is 3.60. The second-order valence-electron chi connectivity index (χ2n) is 4.77. The molecule has 2 fully saturated rings. The lowest BCUT2D eigenvalue weighted by molar-refractivity contribution is -0.149. The predicted octanol–water partition coefficient (Wildman–Crippen LogP) is 1.15. The van der Waals surface area contributed by atoms with Gasteiger partial charge in [0.25, 0.3) is 0 Å². The Bertz CT molecular complexity index is 250. The van der Waals surface area contributed by atoms with E-state index in [1.165, 1.54) is 0 Å². The van der Waals surface area contributed by atoms with E-state index in [0.29, 0.717) is 12.6 Å². The zero-order valence-corrected chi connectivity index (χ0v) is 9.16. The summed E-state index contributed by atoms with van der Waals surface area (Å²) in [6.07, 6.45) is 5.20. The van der Waals surface area contributed by atoms with E-state index in [9.17, 15) is 4.79 Å². The van der Waals surface area contributed by atoms with E-state index in [2.05, 4.69) is 12.2 Å². The molecule has 0 bridgehead atoms. The van der Waals surface area contributed by atoms with Crippen molar-refractivity contribution in [3.8, 4) is 0 Å². The molecule has 0 aromatic carbocycles. The monoisotopic (exact) mass is 213 g/mol. The number of hydrogen-bond acceptors (Lipinski definition) is 3. The Balaban J connectivity index is 1.79. The molecule has 1 aliphatic carbocycles. The maximum Gasteiger partial charge on any atom is 0.323 e. The number of hydrogen-bond donors (Lipinski definition) is 2. The third kappa shape index (κ3) is 2.16. The topological polar surface area (TPSA) is 58.6 Å². The van der Waals surface area contributed by atoms with Crippen LogP contribution < -0.4 is 5.32 Å². The van der Waals surface area contributed by atoms with Crippen molar-refractivity contribution in [1.82, 2.24) is 5.32 Å². The molecule has 2 atom stereocenters. The van der Waals surface area contributed by atoms with E-state index < -0.39 is 11.5 Å². The highest BCUT2D eigenvalue weighted by atomic mass is 16.5. The fourth-order valence-corrected chi connectivity index (χ4v) is 2.34. The van der Waals surface area contributed by atoms with Crippen LogP contribution in [-0.2, 0) is 9.53 Å². The first-order valence-electron chi connectivity index (χ1n) is 5.76. The van der Waals surface area contributed by atoms with E-state index in [0.717, 1.165) is 32.1 Å². The largest absolute Gasteiger partial charge is 0.480 e. The van der Waals surface area contributed by atoms with Crippen LogP contribution in [0.2, 0.25) is 0 Å². The molecule has 1 heterocycles. The summed E-state index contributed by atoms with van der Waals surface area (Å²) in [6, 6.07) is 0. The fraction of sp³-hybridized carbons (Fsp3) is 0.909. The molecule has 2 unspecified atom stereocenters. The highest BCUT2D eigenvalue weighted by molar-refractivity contribution is 5.79. The molecule has 2 rings (SSSR count). The maximum absolute atomic E-state index is 11.1. The molecule has 1 saturated heterocycles. The van der Waals surface area contributed by atoms with Gasteiger partial charge in [0.15, 0.2) is 0 Å². The molecule has 86 valence electrons. The molecule has 0 amide bonds. The van der Waals surface area contributed by atoms with E-state index >= 15 is 0 Å². The van der Waals surface area contributed by atoms with Crippen LogP contribution in [0.25, 0.3) is 0 Å². The second kappa shape index (κ2) is 4.10. The molecule has 15 heavy (non-hydrogen) atoms. The number of carbonyl (C=O) groups is 1. The van der Waals surface area contributed by atoms with Crippen LogP contribution in [0.15, 0.2) is 0 Å². The maximum atomic E-state index is 11.1. The third-order valence-electron chi connectivity index (χ3n) is 3.60. The summed E-state index contributed by atoms with van der Waals surface area (Å²) >= 11 is 0. The van der Waals surface area contributed by atoms with Crippen molar-refractivity contribution in [2.24, 2.45) is 0 Å². The SMILES string of the molecule is CC1CCC(CNC2(C(=O)O)CCC2)O1. The van der Waals surface area contributed by atoms with Crippen LogP contribution in [0, 0.1) is 0 Å². The molecule has 4 nitrogen and oxygen atoms in total. The molecule has 0 spiro atoms. The standard InChI is InChI=1S/C11H19NO3/c1-8-3-4-9(15-8)7-12-11(10(13)14)5-2-6-11/h8-9,12H,2-7H2,1H3,(H,13,14). The lowest BCUT2D eigenvalue weighted by Crippen LogP contribution is -2.58. The molecule has 0 aromatic heterocycles. The number of ether oxygens (including phenoxy) is 1. The summed E-state index contributed by atoms with van der Waals surface area (Å²) in [7, 11) is 0. The van der Waals surface area contributed by atoms with E-state index in [4.69, 9.17) is 9.84 Å². The van der Waals surface area contributed by atoms with Gasteiger partial charge in [0, 0.05) is 6.54 Å². The summed E-state index contributed by atoms with van der Waals surface area (Å²) < 4.78 is 5.65. The van der Waals surface area contributed by atoms with Crippen LogP contribution in [0.4, 0.5) is 0 Å². The first-order valence-corrected chi connectivity index (χ1v) is 5.76. The molecule has 2 N–H and O–H groups in total. The Morgan fingerprint density at radius 1 is 1.53 bits per heavy atom. The van der Waals surface area contributed by atoms with Gasteiger partial charge in [0.05, 0.1) is 12.2 Å². The van der Waals surface area contributed by atoms with E-state index in [-0.39, 0.29) is 6.10 Å². The quantitative estimate of drug-likeness (QED) is 0.735. The molecule has 1 aliphatic heterocycles. The van der Waals surface area contributed by atoms with Crippen LogP contribution in [0.5, 0.6) is 0 Å². The van der Waals surface area contributed by atoms with Crippen molar-refractivity contribution in [2.45, 2.75) is 56.8 Å². The average Bonchev–Trinajstić information content (AvgIpc) is 2.49. The van der Waals surface area contributed by atoms with Crippen molar-refractivity contribution >= 4 is 5.97 Å². The van der Waals surface area contributed by atoms with Gasteiger partial charge < -0.3 is 9.84 Å². The lowest BCUT2D eigenvalue weighted by atomic mass is 9.76. The molecule has 2 aliphatic rings. The van der Waals surface area contributed by atoms with Gasteiger partial charge in [-0.05, 0) is 39.0 Å². The molecule has 4 heteroatoms. The number of aliphatic carboxylic acids is 1. The van der Waals surface area contributed by atoms with Crippen LogP contribution in [0.3, 0.4) is 0 Å². The van der Waals surface area contributed by atoms with Gasteiger partial charge >= 0.3 is 5.97 Å². The van der Waals surface area contributed by atoms with E-state index in [1.54, 1.807) is 0 Å². The molecule has 0 aromatic rings. The number of carboxylic acid groups (broad SMARTS) is 1. The van der Waals surface area contributed by atoms with Gasteiger partial charge in [-0.25, -0.2) is 0 Å². The first-order chi connectivity index (χ1) is 7.12. The Morgan fingerprint density at radius 2 is 2.27 bits per heavy atom. The molecular formula is C11H19NO3. The number of nitrogens with one attached hydrogen (secondary N) is 1. The Morgan fingerprint density at radius 3 is 2.67 bits per heavy atom. The van der Waals surface area contributed by atoms with E-state index in [1.807, 2.05) is 0 Å². The van der Waals surface area contributed by atoms with Gasteiger partial charge in [-0.2, -0.15) is 0 Å². The van der Waals surface area contributed by atoms with Gasteiger partial charge in [-0.3, -0.25) is 10.1 Å². The smallest absolute Gasteiger partial charge is 0.323 e. The number of carboxylic acids is 1. The molecule has 0 radical (unpaired) electrons. The summed E-state index contributed by atoms with van der Waals surface area (Å²) in [5.41, 5.74) is -0.644. The number of rotatable bonds is 4. The zero-order chi connectivity index (χ0) is 10.9. The Kier molecular flexibility index (Phi) is 2.98. The predicted molar refractivity (Wildman–Crippen MR) is 55.8 cm³/mol. The normalized spacial score (nSPS) is 33.7. The van der Waals surface area contributed by atoms with Crippen molar-refractivity contribution in [1.29, 1.82) is 0 Å². The summed E-state index contributed by atoms with van der Waals surface area (Å²) in [6.45, 7) is 2.74. The van der Waals surface area contributed by atoms with Crippen molar-refractivity contribution in [2.75, 3.05) is 6.54 Å². The van der Waals surface area contributed by atoms with Crippen LogP contribution in [0.1, 0.15) is 39.0 Å². The molecular weight excluding hydrogens is 194 g/mol. The summed E-state index contributed by atoms with van der Waals surface area (Å²) in [4.78, 5) is 11.1.